The van der Waals surface area contributed by atoms with Crippen LogP contribution >= 0.6 is 0 Å². The van der Waals surface area contributed by atoms with Gasteiger partial charge in [0.1, 0.15) is 5.82 Å². The highest BCUT2D eigenvalue weighted by Gasteiger charge is 2.28. The second-order valence-electron chi connectivity index (χ2n) is 4.83. The first-order valence-electron chi connectivity index (χ1n) is 6.44. The number of nitrogens with zero attached hydrogens (tertiary/aromatic N) is 2. The Morgan fingerprint density at radius 2 is 2.19 bits per heavy atom. The van der Waals surface area contributed by atoms with E-state index in [0.717, 1.165) is 0 Å². The normalized spacial score (nSPS) is 19.2. The van der Waals surface area contributed by atoms with Crippen LogP contribution in [0.5, 0.6) is 0 Å². The van der Waals surface area contributed by atoms with Crippen molar-refractivity contribution < 1.29 is 23.2 Å². The molecule has 1 fully saturated rings. The lowest BCUT2D eigenvalue weighted by atomic mass is 10.1. The van der Waals surface area contributed by atoms with E-state index < -0.39 is 33.7 Å². The van der Waals surface area contributed by atoms with E-state index in [-0.39, 0.29) is 12.6 Å². The molecule has 6 nitrogen and oxygen atoms in total. The molecule has 21 heavy (non-hydrogen) atoms. The Morgan fingerprint density at radius 1 is 1.48 bits per heavy atom. The monoisotopic (exact) mass is 300 g/mol. The van der Waals surface area contributed by atoms with Crippen LogP contribution in [0.2, 0.25) is 0 Å². The van der Waals surface area contributed by atoms with E-state index >= 15 is 0 Å². The van der Waals surface area contributed by atoms with Gasteiger partial charge >= 0.3 is 5.69 Å². The van der Waals surface area contributed by atoms with Gasteiger partial charge in [0, 0.05) is 19.7 Å². The van der Waals surface area contributed by atoms with Gasteiger partial charge in [-0.2, -0.15) is 4.39 Å². The summed E-state index contributed by atoms with van der Waals surface area (Å²) >= 11 is 0. The molecule has 1 atom stereocenters. The van der Waals surface area contributed by atoms with Gasteiger partial charge in [0.2, 0.25) is 5.82 Å². The van der Waals surface area contributed by atoms with Crippen molar-refractivity contribution in [1.82, 2.24) is 4.90 Å². The highest BCUT2D eigenvalue weighted by atomic mass is 19.1. The summed E-state index contributed by atoms with van der Waals surface area (Å²) in [6.45, 7) is 2.78. The molecule has 1 aromatic carbocycles. The summed E-state index contributed by atoms with van der Waals surface area (Å²) in [6.07, 6.45) is 0.331. The minimum atomic E-state index is -1.32. The minimum Gasteiger partial charge on any atom is -0.377 e. The Morgan fingerprint density at radius 3 is 2.86 bits per heavy atom. The van der Waals surface area contributed by atoms with Crippen LogP contribution in [0, 0.1) is 21.7 Å². The molecule has 0 saturated carbocycles. The van der Waals surface area contributed by atoms with Crippen LogP contribution in [-0.4, -0.2) is 41.5 Å². The van der Waals surface area contributed by atoms with Gasteiger partial charge in [-0.1, -0.05) is 0 Å². The number of hydrogen-bond donors (Lipinski definition) is 0. The lowest BCUT2D eigenvalue weighted by molar-refractivity contribution is -0.387. The summed E-state index contributed by atoms with van der Waals surface area (Å²) in [5, 5.41) is 10.7. The molecule has 8 heteroatoms. The van der Waals surface area contributed by atoms with E-state index in [1.54, 1.807) is 6.92 Å². The molecular weight excluding hydrogens is 286 g/mol. The van der Waals surface area contributed by atoms with Crippen LogP contribution in [0.4, 0.5) is 14.5 Å². The molecule has 2 rings (SSSR count). The fourth-order valence-electron chi connectivity index (χ4n) is 2.21. The maximum atomic E-state index is 14.0. The molecule has 0 N–H and O–H groups in total. The zero-order valence-electron chi connectivity index (χ0n) is 11.3. The Bertz CT molecular complexity index is 580. The average Bonchev–Trinajstić information content (AvgIpc) is 2.64. The number of amides is 1. The Balaban J connectivity index is 2.36. The standard InChI is InChI=1S/C13H14F2N2O4/c1-8-7-16(3-2-4-21-8)13(18)10-5-9(14)6-11(12(10)15)17(19)20/h5-6,8H,2-4,7H2,1H3. The quantitative estimate of drug-likeness (QED) is 0.619. The molecule has 1 saturated heterocycles. The van der Waals surface area contributed by atoms with Crippen molar-refractivity contribution in [1.29, 1.82) is 0 Å². The smallest absolute Gasteiger partial charge is 0.308 e. The van der Waals surface area contributed by atoms with Crippen LogP contribution < -0.4 is 0 Å². The van der Waals surface area contributed by atoms with Crippen molar-refractivity contribution in [2.24, 2.45) is 0 Å². The zero-order valence-corrected chi connectivity index (χ0v) is 11.3. The maximum Gasteiger partial charge on any atom is 0.308 e. The van der Waals surface area contributed by atoms with Gasteiger partial charge in [-0.15, -0.1) is 0 Å². The Labute approximate surface area is 119 Å². The predicted molar refractivity (Wildman–Crippen MR) is 68.9 cm³/mol. The van der Waals surface area contributed by atoms with Gasteiger partial charge in [-0.25, -0.2) is 4.39 Å². The lowest BCUT2D eigenvalue weighted by Crippen LogP contribution is -2.36. The number of nitro benzene ring substituents is 1. The largest absolute Gasteiger partial charge is 0.377 e. The second kappa shape index (κ2) is 6.13. The maximum absolute atomic E-state index is 14.0. The molecule has 1 amide bonds. The number of nitro groups is 1. The number of halogens is 2. The SMILES string of the molecule is CC1CN(C(=O)c2cc(F)cc([N+](=O)[O-])c2F)CCCO1. The third-order valence-electron chi connectivity index (χ3n) is 3.18. The first-order chi connectivity index (χ1) is 9.90. The topological polar surface area (TPSA) is 72.7 Å². The van der Waals surface area contributed by atoms with Crippen molar-refractivity contribution in [2.75, 3.05) is 19.7 Å². The molecule has 1 aromatic rings. The Hall–Kier alpha value is -2.09. The molecule has 0 aromatic heterocycles. The van der Waals surface area contributed by atoms with E-state index in [1.807, 2.05) is 0 Å². The van der Waals surface area contributed by atoms with E-state index in [0.29, 0.717) is 31.7 Å². The number of carbonyl (C=O) groups excluding carboxylic acids is 1. The molecule has 0 bridgehead atoms. The predicted octanol–water partition coefficient (Wildman–Crippen LogP) is 2.12. The fourth-order valence-corrected chi connectivity index (χ4v) is 2.21. The van der Waals surface area contributed by atoms with Crippen molar-refractivity contribution in [3.05, 3.63) is 39.4 Å². The molecule has 1 unspecified atom stereocenters. The van der Waals surface area contributed by atoms with Gasteiger partial charge in [-0.05, 0) is 19.4 Å². The average molecular weight is 300 g/mol. The van der Waals surface area contributed by atoms with Crippen molar-refractivity contribution in [3.8, 4) is 0 Å². The molecule has 0 aliphatic carbocycles. The van der Waals surface area contributed by atoms with Crippen molar-refractivity contribution in [3.63, 3.8) is 0 Å². The van der Waals surface area contributed by atoms with Crippen molar-refractivity contribution in [2.45, 2.75) is 19.4 Å². The van der Waals surface area contributed by atoms with E-state index in [4.69, 9.17) is 4.74 Å². The van der Waals surface area contributed by atoms with E-state index in [2.05, 4.69) is 0 Å². The molecule has 1 heterocycles. The van der Waals surface area contributed by atoms with Crippen LogP contribution in [-0.2, 0) is 4.74 Å². The van der Waals surface area contributed by atoms with E-state index in [9.17, 15) is 23.7 Å². The summed E-state index contributed by atoms with van der Waals surface area (Å²) in [5.41, 5.74) is -1.67. The van der Waals surface area contributed by atoms with Gasteiger partial charge in [0.15, 0.2) is 0 Å². The number of hydrogen-bond acceptors (Lipinski definition) is 4. The van der Waals surface area contributed by atoms with Crippen LogP contribution in [0.25, 0.3) is 0 Å². The number of benzene rings is 1. The van der Waals surface area contributed by atoms with Crippen LogP contribution in [0.3, 0.4) is 0 Å². The molecule has 1 aliphatic heterocycles. The molecule has 0 spiro atoms. The lowest BCUT2D eigenvalue weighted by Gasteiger charge is -2.22. The van der Waals surface area contributed by atoms with Gasteiger partial charge in [0.05, 0.1) is 22.7 Å². The molecule has 1 aliphatic rings. The second-order valence-corrected chi connectivity index (χ2v) is 4.83. The Kier molecular flexibility index (Phi) is 4.46. The summed E-state index contributed by atoms with van der Waals surface area (Å²) in [4.78, 5) is 23.2. The van der Waals surface area contributed by atoms with Gasteiger partial charge in [-0.3, -0.25) is 14.9 Å². The highest BCUT2D eigenvalue weighted by molar-refractivity contribution is 5.95. The number of carbonyl (C=O) groups is 1. The molecular formula is C13H14F2N2O4. The molecule has 114 valence electrons. The summed E-state index contributed by atoms with van der Waals surface area (Å²) in [5.74, 6) is -3.11. The van der Waals surface area contributed by atoms with E-state index in [1.165, 1.54) is 4.90 Å². The van der Waals surface area contributed by atoms with Gasteiger partial charge < -0.3 is 9.64 Å². The summed E-state index contributed by atoms with van der Waals surface area (Å²) in [6, 6.07) is 1.14. The van der Waals surface area contributed by atoms with Crippen LogP contribution in [0.1, 0.15) is 23.7 Å². The molecule has 0 radical (unpaired) electrons. The first kappa shape index (κ1) is 15.3. The highest BCUT2D eigenvalue weighted by Crippen LogP contribution is 2.24. The minimum absolute atomic E-state index is 0.225. The number of rotatable bonds is 2. The fraction of sp³-hybridized carbons (Fsp3) is 0.462. The van der Waals surface area contributed by atoms with Crippen LogP contribution in [0.15, 0.2) is 12.1 Å². The third-order valence-corrected chi connectivity index (χ3v) is 3.18. The van der Waals surface area contributed by atoms with Crippen molar-refractivity contribution >= 4 is 11.6 Å². The first-order valence-corrected chi connectivity index (χ1v) is 6.44. The third kappa shape index (κ3) is 3.33. The number of ether oxygens (including phenoxy) is 1. The van der Waals surface area contributed by atoms with Gasteiger partial charge in [0.25, 0.3) is 5.91 Å². The zero-order chi connectivity index (χ0) is 15.6. The summed E-state index contributed by atoms with van der Waals surface area (Å²) < 4.78 is 32.8. The summed E-state index contributed by atoms with van der Waals surface area (Å²) in [7, 11) is 0.